The molecular weight excluding hydrogens is 470 g/mol. The standard InChI is InChI=1S/C33H27N3O2/c37-32(35-30(24-13-5-1-6-14-24)25-15-7-2-8-16-25)28-21-22-34-29(23-28)33(38)36-31(26-17-9-3-10-18-26)27-19-11-4-12-20-27/h1-23,30-31H,(H,35,37)(H,36,38). The van der Waals surface area contributed by atoms with E-state index in [-0.39, 0.29) is 29.6 Å². The van der Waals surface area contributed by atoms with Gasteiger partial charge >= 0.3 is 0 Å². The zero-order chi connectivity index (χ0) is 26.2. The van der Waals surface area contributed by atoms with Crippen LogP contribution in [0.5, 0.6) is 0 Å². The van der Waals surface area contributed by atoms with Crippen molar-refractivity contribution in [1.82, 2.24) is 15.6 Å². The Bertz CT molecular complexity index is 1300. The molecule has 1 heterocycles. The molecule has 5 aromatic rings. The van der Waals surface area contributed by atoms with Crippen molar-refractivity contribution in [3.63, 3.8) is 0 Å². The number of pyridine rings is 1. The largest absolute Gasteiger partial charge is 0.341 e. The van der Waals surface area contributed by atoms with Crippen LogP contribution in [0.15, 0.2) is 140 Å². The molecule has 0 spiro atoms. The molecule has 0 aliphatic rings. The molecule has 5 heteroatoms. The molecule has 0 bridgehead atoms. The predicted molar refractivity (Wildman–Crippen MR) is 149 cm³/mol. The quantitative estimate of drug-likeness (QED) is 0.271. The highest BCUT2D eigenvalue weighted by atomic mass is 16.2. The highest BCUT2D eigenvalue weighted by Crippen LogP contribution is 2.24. The maximum absolute atomic E-state index is 13.4. The molecule has 2 N–H and O–H groups in total. The average Bonchev–Trinajstić information content (AvgIpc) is 3.00. The molecular formula is C33H27N3O2. The first-order valence-electron chi connectivity index (χ1n) is 12.5. The second-order valence-corrected chi connectivity index (χ2v) is 8.89. The summed E-state index contributed by atoms with van der Waals surface area (Å²) < 4.78 is 0. The summed E-state index contributed by atoms with van der Waals surface area (Å²) in [5.74, 6) is -0.651. The third kappa shape index (κ3) is 5.85. The van der Waals surface area contributed by atoms with Crippen molar-refractivity contribution in [2.75, 3.05) is 0 Å². The Balaban J connectivity index is 1.38. The van der Waals surface area contributed by atoms with Gasteiger partial charge in [0.15, 0.2) is 0 Å². The Labute approximate surface area is 222 Å². The van der Waals surface area contributed by atoms with E-state index < -0.39 is 0 Å². The molecule has 0 radical (unpaired) electrons. The Morgan fingerprint density at radius 3 is 1.26 bits per heavy atom. The molecule has 0 unspecified atom stereocenters. The molecule has 5 rings (SSSR count). The van der Waals surface area contributed by atoms with Gasteiger partial charge in [0.1, 0.15) is 5.69 Å². The van der Waals surface area contributed by atoms with Crippen molar-refractivity contribution in [3.05, 3.63) is 173 Å². The van der Waals surface area contributed by atoms with Gasteiger partial charge in [-0.3, -0.25) is 14.6 Å². The zero-order valence-electron chi connectivity index (χ0n) is 20.7. The summed E-state index contributed by atoms with van der Waals surface area (Å²) in [6, 6.07) is 41.6. The minimum absolute atomic E-state index is 0.172. The van der Waals surface area contributed by atoms with Crippen LogP contribution < -0.4 is 10.6 Å². The van der Waals surface area contributed by atoms with Crippen molar-refractivity contribution in [1.29, 1.82) is 0 Å². The van der Waals surface area contributed by atoms with Crippen LogP contribution in [-0.4, -0.2) is 16.8 Å². The molecule has 0 atom stereocenters. The van der Waals surface area contributed by atoms with Crippen molar-refractivity contribution < 1.29 is 9.59 Å². The molecule has 186 valence electrons. The molecule has 2 amide bonds. The fraction of sp³-hybridized carbons (Fsp3) is 0.0606. The van der Waals surface area contributed by atoms with E-state index in [1.807, 2.05) is 121 Å². The van der Waals surface area contributed by atoms with Crippen LogP contribution >= 0.6 is 0 Å². The number of benzene rings is 4. The van der Waals surface area contributed by atoms with Crippen molar-refractivity contribution in [2.24, 2.45) is 0 Å². The summed E-state index contributed by atoms with van der Waals surface area (Å²) >= 11 is 0. The number of hydrogen-bond donors (Lipinski definition) is 2. The molecule has 5 nitrogen and oxygen atoms in total. The van der Waals surface area contributed by atoms with E-state index in [4.69, 9.17) is 0 Å². The number of nitrogens with zero attached hydrogens (tertiary/aromatic N) is 1. The Hall–Kier alpha value is -5.03. The third-order valence-electron chi connectivity index (χ3n) is 6.34. The fourth-order valence-corrected chi connectivity index (χ4v) is 4.42. The Morgan fingerprint density at radius 2 is 0.868 bits per heavy atom. The van der Waals surface area contributed by atoms with Gasteiger partial charge in [-0.05, 0) is 34.4 Å². The minimum Gasteiger partial charge on any atom is -0.341 e. The lowest BCUT2D eigenvalue weighted by molar-refractivity contribution is 0.0938. The first kappa shape index (κ1) is 24.7. The fourth-order valence-electron chi connectivity index (χ4n) is 4.42. The van der Waals surface area contributed by atoms with Crippen LogP contribution in [0.4, 0.5) is 0 Å². The van der Waals surface area contributed by atoms with Gasteiger partial charge in [0.2, 0.25) is 0 Å². The summed E-state index contributed by atoms with van der Waals surface area (Å²) in [7, 11) is 0. The third-order valence-corrected chi connectivity index (χ3v) is 6.34. The van der Waals surface area contributed by atoms with Gasteiger partial charge in [-0.1, -0.05) is 121 Å². The molecule has 0 fully saturated rings. The van der Waals surface area contributed by atoms with E-state index in [0.29, 0.717) is 5.56 Å². The van der Waals surface area contributed by atoms with E-state index in [1.54, 1.807) is 6.07 Å². The van der Waals surface area contributed by atoms with E-state index in [0.717, 1.165) is 22.3 Å². The van der Waals surface area contributed by atoms with Gasteiger partial charge in [-0.25, -0.2) is 0 Å². The Kier molecular flexibility index (Phi) is 7.66. The molecule has 4 aromatic carbocycles. The smallest absolute Gasteiger partial charge is 0.270 e. The Morgan fingerprint density at radius 1 is 0.500 bits per heavy atom. The van der Waals surface area contributed by atoms with Gasteiger partial charge in [0.25, 0.3) is 11.8 Å². The molecule has 0 saturated heterocycles. The predicted octanol–water partition coefficient (Wildman–Crippen LogP) is 6.12. The lowest BCUT2D eigenvalue weighted by Crippen LogP contribution is -2.31. The van der Waals surface area contributed by atoms with Gasteiger partial charge in [0.05, 0.1) is 12.1 Å². The topological polar surface area (TPSA) is 71.1 Å². The zero-order valence-corrected chi connectivity index (χ0v) is 20.7. The summed E-state index contributed by atoms with van der Waals surface area (Å²) in [5, 5.41) is 6.22. The summed E-state index contributed by atoms with van der Waals surface area (Å²) in [4.78, 5) is 31.0. The first-order chi connectivity index (χ1) is 18.7. The molecule has 0 aliphatic heterocycles. The number of nitrogens with one attached hydrogen (secondary N) is 2. The van der Waals surface area contributed by atoms with Crippen LogP contribution in [-0.2, 0) is 0 Å². The van der Waals surface area contributed by atoms with Gasteiger partial charge in [-0.2, -0.15) is 0 Å². The monoisotopic (exact) mass is 497 g/mol. The highest BCUT2D eigenvalue weighted by Gasteiger charge is 2.21. The SMILES string of the molecule is O=C(NC(c1ccccc1)c1ccccc1)c1ccnc(C(=O)NC(c2ccccc2)c2ccccc2)c1. The molecule has 0 aliphatic carbocycles. The summed E-state index contributed by atoms with van der Waals surface area (Å²) in [6.45, 7) is 0. The number of carbonyl (C=O) groups excluding carboxylic acids is 2. The number of hydrogen-bond acceptors (Lipinski definition) is 3. The first-order valence-corrected chi connectivity index (χ1v) is 12.5. The van der Waals surface area contributed by atoms with Gasteiger partial charge < -0.3 is 10.6 Å². The molecule has 38 heavy (non-hydrogen) atoms. The van der Waals surface area contributed by atoms with Gasteiger partial charge in [-0.15, -0.1) is 0 Å². The summed E-state index contributed by atoms with van der Waals surface area (Å²) in [6.07, 6.45) is 1.49. The average molecular weight is 498 g/mol. The van der Waals surface area contributed by atoms with Crippen LogP contribution in [0.3, 0.4) is 0 Å². The van der Waals surface area contributed by atoms with Gasteiger partial charge in [0, 0.05) is 11.8 Å². The van der Waals surface area contributed by atoms with Crippen LogP contribution in [0.25, 0.3) is 0 Å². The van der Waals surface area contributed by atoms with E-state index in [1.165, 1.54) is 12.3 Å². The van der Waals surface area contributed by atoms with Crippen molar-refractivity contribution >= 4 is 11.8 Å². The summed E-state index contributed by atoms with van der Waals surface area (Å²) in [5.41, 5.74) is 4.37. The second-order valence-electron chi connectivity index (χ2n) is 8.89. The van der Waals surface area contributed by atoms with Crippen LogP contribution in [0.1, 0.15) is 55.2 Å². The maximum atomic E-state index is 13.4. The number of amides is 2. The second kappa shape index (κ2) is 11.8. The normalized spacial score (nSPS) is 10.8. The maximum Gasteiger partial charge on any atom is 0.270 e. The van der Waals surface area contributed by atoms with E-state index in [9.17, 15) is 9.59 Å². The number of carbonyl (C=O) groups is 2. The molecule has 0 saturated carbocycles. The lowest BCUT2D eigenvalue weighted by atomic mass is 9.98. The van der Waals surface area contributed by atoms with E-state index in [2.05, 4.69) is 15.6 Å². The highest BCUT2D eigenvalue weighted by molar-refractivity contribution is 5.99. The molecule has 1 aromatic heterocycles. The van der Waals surface area contributed by atoms with Crippen molar-refractivity contribution in [2.45, 2.75) is 12.1 Å². The van der Waals surface area contributed by atoms with Crippen molar-refractivity contribution in [3.8, 4) is 0 Å². The van der Waals surface area contributed by atoms with Crippen LogP contribution in [0.2, 0.25) is 0 Å². The minimum atomic E-state index is -0.361. The number of rotatable bonds is 8. The lowest BCUT2D eigenvalue weighted by Gasteiger charge is -2.21. The number of aromatic nitrogens is 1. The van der Waals surface area contributed by atoms with E-state index >= 15 is 0 Å². The van der Waals surface area contributed by atoms with Crippen LogP contribution in [0, 0.1) is 0 Å².